The molecule has 0 aliphatic heterocycles. The molecule has 0 spiro atoms. The van der Waals surface area contributed by atoms with Crippen LogP contribution in [-0.4, -0.2) is 15.9 Å². The van der Waals surface area contributed by atoms with E-state index >= 15 is 0 Å². The van der Waals surface area contributed by atoms with Gasteiger partial charge in [0.2, 0.25) is 0 Å². The SMILES string of the molecule is Cc1nc(Nc2ccc(Cl)cc2)cc(C(=O)Nc2cccc(C#N)c2)n1. The number of nitrogens with one attached hydrogen (secondary N) is 2. The zero-order chi connectivity index (χ0) is 18.5. The summed E-state index contributed by atoms with van der Waals surface area (Å²) in [6.07, 6.45) is 0. The highest BCUT2D eigenvalue weighted by Gasteiger charge is 2.11. The molecule has 0 unspecified atom stereocenters. The van der Waals surface area contributed by atoms with Crippen molar-refractivity contribution in [3.8, 4) is 6.07 Å². The van der Waals surface area contributed by atoms with Gasteiger partial charge in [0.25, 0.3) is 5.91 Å². The van der Waals surface area contributed by atoms with Crippen LogP contribution in [0.4, 0.5) is 17.2 Å². The Bertz CT molecular complexity index is 996. The summed E-state index contributed by atoms with van der Waals surface area (Å²) in [5.74, 6) is 0.570. The molecule has 3 aromatic rings. The van der Waals surface area contributed by atoms with Gasteiger partial charge in [0.05, 0.1) is 11.6 Å². The quantitative estimate of drug-likeness (QED) is 0.720. The van der Waals surface area contributed by atoms with E-state index in [0.29, 0.717) is 27.9 Å². The highest BCUT2D eigenvalue weighted by atomic mass is 35.5. The summed E-state index contributed by atoms with van der Waals surface area (Å²) in [6, 6.07) is 17.4. The Hall–Kier alpha value is -3.43. The second-order valence-electron chi connectivity index (χ2n) is 5.46. The van der Waals surface area contributed by atoms with E-state index in [1.165, 1.54) is 0 Å². The van der Waals surface area contributed by atoms with Crippen LogP contribution >= 0.6 is 11.6 Å². The second kappa shape index (κ2) is 7.64. The first-order valence-corrected chi connectivity index (χ1v) is 8.11. The first-order valence-electron chi connectivity index (χ1n) is 7.73. The number of aryl methyl sites for hydroxylation is 1. The van der Waals surface area contributed by atoms with Crippen LogP contribution in [0.3, 0.4) is 0 Å². The highest BCUT2D eigenvalue weighted by Crippen LogP contribution is 2.19. The van der Waals surface area contributed by atoms with Crippen LogP contribution in [0.15, 0.2) is 54.6 Å². The third-order valence-corrected chi connectivity index (χ3v) is 3.69. The number of rotatable bonds is 4. The molecule has 0 saturated carbocycles. The van der Waals surface area contributed by atoms with E-state index in [0.717, 1.165) is 5.69 Å². The summed E-state index contributed by atoms with van der Waals surface area (Å²) >= 11 is 5.88. The van der Waals surface area contributed by atoms with Gasteiger partial charge in [0.1, 0.15) is 17.3 Å². The molecule has 0 bridgehead atoms. The number of aromatic nitrogens is 2. The fraction of sp³-hybridized carbons (Fsp3) is 0.0526. The van der Waals surface area contributed by atoms with E-state index in [1.54, 1.807) is 49.4 Å². The molecule has 0 aliphatic carbocycles. The summed E-state index contributed by atoms with van der Waals surface area (Å²) in [6.45, 7) is 1.71. The molecule has 0 radical (unpaired) electrons. The predicted octanol–water partition coefficient (Wildman–Crippen LogP) is 4.31. The summed E-state index contributed by atoms with van der Waals surface area (Å²) in [5, 5.41) is 15.4. The fourth-order valence-electron chi connectivity index (χ4n) is 2.29. The number of hydrogen-bond acceptors (Lipinski definition) is 5. The van der Waals surface area contributed by atoms with E-state index in [2.05, 4.69) is 20.6 Å². The van der Waals surface area contributed by atoms with Gasteiger partial charge in [0, 0.05) is 22.5 Å². The smallest absolute Gasteiger partial charge is 0.274 e. The van der Waals surface area contributed by atoms with Crippen molar-refractivity contribution in [1.29, 1.82) is 5.26 Å². The van der Waals surface area contributed by atoms with Crippen LogP contribution in [-0.2, 0) is 0 Å². The molecule has 1 heterocycles. The number of carbonyl (C=O) groups excluding carboxylic acids is 1. The van der Waals surface area contributed by atoms with Gasteiger partial charge in [-0.2, -0.15) is 5.26 Å². The van der Waals surface area contributed by atoms with Crippen molar-refractivity contribution in [2.45, 2.75) is 6.92 Å². The van der Waals surface area contributed by atoms with E-state index in [1.807, 2.05) is 18.2 Å². The molecule has 0 atom stereocenters. The Morgan fingerprint density at radius 3 is 2.58 bits per heavy atom. The molecule has 2 N–H and O–H groups in total. The van der Waals surface area contributed by atoms with Crippen molar-refractivity contribution in [2.24, 2.45) is 0 Å². The summed E-state index contributed by atoms with van der Waals surface area (Å²) in [7, 11) is 0. The van der Waals surface area contributed by atoms with Gasteiger partial charge >= 0.3 is 0 Å². The highest BCUT2D eigenvalue weighted by molar-refractivity contribution is 6.30. The molecule has 2 aromatic carbocycles. The summed E-state index contributed by atoms with van der Waals surface area (Å²) in [4.78, 5) is 21.0. The molecule has 6 nitrogen and oxygen atoms in total. The number of halogens is 1. The first-order chi connectivity index (χ1) is 12.5. The molecule has 0 fully saturated rings. The number of nitriles is 1. The molecular weight excluding hydrogens is 350 g/mol. The minimum Gasteiger partial charge on any atom is -0.340 e. The number of benzene rings is 2. The summed E-state index contributed by atoms with van der Waals surface area (Å²) < 4.78 is 0. The molecular formula is C19H14ClN5O. The van der Waals surface area contributed by atoms with E-state index in [9.17, 15) is 4.79 Å². The maximum absolute atomic E-state index is 12.5. The van der Waals surface area contributed by atoms with Gasteiger partial charge < -0.3 is 10.6 Å². The van der Waals surface area contributed by atoms with Crippen LogP contribution in [0, 0.1) is 18.3 Å². The maximum atomic E-state index is 12.5. The van der Waals surface area contributed by atoms with Crippen LogP contribution in [0.2, 0.25) is 5.02 Å². The number of anilines is 3. The van der Waals surface area contributed by atoms with Crippen LogP contribution in [0.5, 0.6) is 0 Å². The Balaban J connectivity index is 1.81. The number of amides is 1. The lowest BCUT2D eigenvalue weighted by atomic mass is 10.2. The zero-order valence-electron chi connectivity index (χ0n) is 13.8. The third kappa shape index (κ3) is 4.35. The normalized spacial score (nSPS) is 10.0. The number of nitrogens with zero attached hydrogens (tertiary/aromatic N) is 3. The molecule has 3 rings (SSSR count). The first kappa shape index (κ1) is 17.4. The largest absolute Gasteiger partial charge is 0.340 e. The van der Waals surface area contributed by atoms with Crippen LogP contribution in [0.25, 0.3) is 0 Å². The maximum Gasteiger partial charge on any atom is 0.274 e. The topological polar surface area (TPSA) is 90.7 Å². The van der Waals surface area contributed by atoms with Gasteiger partial charge in [-0.15, -0.1) is 0 Å². The van der Waals surface area contributed by atoms with Crippen LogP contribution in [0.1, 0.15) is 21.9 Å². The molecule has 128 valence electrons. The van der Waals surface area contributed by atoms with Crippen molar-refractivity contribution < 1.29 is 4.79 Å². The average Bonchev–Trinajstić information content (AvgIpc) is 2.63. The molecule has 0 saturated heterocycles. The number of hydrogen-bond donors (Lipinski definition) is 2. The zero-order valence-corrected chi connectivity index (χ0v) is 14.6. The van der Waals surface area contributed by atoms with Crippen molar-refractivity contribution in [3.05, 3.63) is 76.7 Å². The molecule has 0 aliphatic rings. The molecule has 7 heteroatoms. The van der Waals surface area contributed by atoms with Gasteiger partial charge in [-0.1, -0.05) is 17.7 Å². The van der Waals surface area contributed by atoms with Gasteiger partial charge in [0.15, 0.2) is 0 Å². The predicted molar refractivity (Wildman–Crippen MR) is 101 cm³/mol. The minimum absolute atomic E-state index is 0.219. The monoisotopic (exact) mass is 363 g/mol. The van der Waals surface area contributed by atoms with Gasteiger partial charge in [-0.25, -0.2) is 9.97 Å². The van der Waals surface area contributed by atoms with Crippen molar-refractivity contribution in [1.82, 2.24) is 9.97 Å². The molecule has 26 heavy (non-hydrogen) atoms. The Kier molecular flexibility index (Phi) is 5.11. The van der Waals surface area contributed by atoms with E-state index in [-0.39, 0.29) is 11.6 Å². The van der Waals surface area contributed by atoms with Gasteiger partial charge in [-0.3, -0.25) is 4.79 Å². The fourth-order valence-corrected chi connectivity index (χ4v) is 2.42. The second-order valence-corrected chi connectivity index (χ2v) is 5.90. The van der Waals surface area contributed by atoms with Crippen molar-refractivity contribution in [2.75, 3.05) is 10.6 Å². The molecule has 1 aromatic heterocycles. The Morgan fingerprint density at radius 2 is 1.85 bits per heavy atom. The van der Waals surface area contributed by atoms with Crippen LogP contribution < -0.4 is 10.6 Å². The lowest BCUT2D eigenvalue weighted by molar-refractivity contribution is 0.102. The van der Waals surface area contributed by atoms with E-state index < -0.39 is 0 Å². The average molecular weight is 364 g/mol. The van der Waals surface area contributed by atoms with Crippen molar-refractivity contribution in [3.63, 3.8) is 0 Å². The van der Waals surface area contributed by atoms with Gasteiger partial charge in [-0.05, 0) is 49.4 Å². The standard InChI is InChI=1S/C19H14ClN5O/c1-12-22-17(19(26)25-16-4-2-3-13(9-16)11-21)10-18(23-12)24-15-7-5-14(20)6-8-15/h2-10H,1H3,(H,25,26)(H,22,23,24). The molecule has 1 amide bonds. The lowest BCUT2D eigenvalue weighted by Gasteiger charge is -2.09. The minimum atomic E-state index is -0.384. The summed E-state index contributed by atoms with van der Waals surface area (Å²) in [5.41, 5.74) is 2.00. The lowest BCUT2D eigenvalue weighted by Crippen LogP contribution is -2.15. The Labute approximate surface area is 155 Å². The third-order valence-electron chi connectivity index (χ3n) is 3.44. The number of carbonyl (C=O) groups is 1. The van der Waals surface area contributed by atoms with Crippen molar-refractivity contribution >= 4 is 34.7 Å². The van der Waals surface area contributed by atoms with E-state index in [4.69, 9.17) is 16.9 Å². The Morgan fingerprint density at radius 1 is 1.08 bits per heavy atom.